The summed E-state index contributed by atoms with van der Waals surface area (Å²) in [5, 5.41) is 11.1. The van der Waals surface area contributed by atoms with Gasteiger partial charge in [-0.05, 0) is 42.0 Å². The quantitative estimate of drug-likeness (QED) is 0.315. The average molecular weight is 482 g/mol. The van der Waals surface area contributed by atoms with Crippen LogP contribution >= 0.6 is 15.9 Å². The van der Waals surface area contributed by atoms with Gasteiger partial charge in [-0.15, -0.1) is 0 Å². The number of hydrogen-bond acceptors (Lipinski definition) is 4. The molecule has 0 aromatic heterocycles. The Labute approximate surface area is 186 Å². The standard InChI is InChI=1S/C24H17BrFNO4/c1-31-19-11-10-16(26)13-18(19)22(28)20-21(14-6-3-2-4-7-14)27(24(30)23(20)29)17-9-5-8-15(25)12-17/h2-13,21,28H,1H3/b22-20+. The number of ether oxygens (including phenoxy) is 1. The van der Waals surface area contributed by atoms with Crippen LogP contribution in [0.15, 0.2) is 82.8 Å². The number of carbonyl (C=O) groups is 2. The Hall–Kier alpha value is -3.45. The Morgan fingerprint density at radius 1 is 1.03 bits per heavy atom. The minimum Gasteiger partial charge on any atom is -0.507 e. The molecule has 1 amide bonds. The van der Waals surface area contributed by atoms with Gasteiger partial charge >= 0.3 is 0 Å². The van der Waals surface area contributed by atoms with Crippen molar-refractivity contribution in [1.29, 1.82) is 0 Å². The Kier molecular flexibility index (Phi) is 5.61. The van der Waals surface area contributed by atoms with E-state index in [0.717, 1.165) is 10.5 Å². The molecule has 3 aromatic carbocycles. The Morgan fingerprint density at radius 2 is 1.77 bits per heavy atom. The second-order valence-electron chi connectivity index (χ2n) is 6.90. The van der Waals surface area contributed by atoms with Crippen LogP contribution in [0.4, 0.5) is 10.1 Å². The zero-order valence-electron chi connectivity index (χ0n) is 16.4. The van der Waals surface area contributed by atoms with E-state index in [1.165, 1.54) is 24.1 Å². The van der Waals surface area contributed by atoms with Gasteiger partial charge in [0.2, 0.25) is 0 Å². The topological polar surface area (TPSA) is 66.8 Å². The van der Waals surface area contributed by atoms with Crippen molar-refractivity contribution in [2.75, 3.05) is 12.0 Å². The van der Waals surface area contributed by atoms with Crippen LogP contribution in [0.25, 0.3) is 5.76 Å². The minimum atomic E-state index is -0.900. The molecule has 0 spiro atoms. The smallest absolute Gasteiger partial charge is 0.300 e. The highest BCUT2D eigenvalue weighted by Gasteiger charge is 2.47. The van der Waals surface area contributed by atoms with Crippen molar-refractivity contribution in [3.63, 3.8) is 0 Å². The fraction of sp³-hybridized carbons (Fsp3) is 0.0833. The van der Waals surface area contributed by atoms with E-state index in [-0.39, 0.29) is 16.9 Å². The van der Waals surface area contributed by atoms with Crippen molar-refractivity contribution in [3.8, 4) is 5.75 Å². The molecule has 3 aromatic rings. The first-order valence-corrected chi connectivity index (χ1v) is 10.2. The van der Waals surface area contributed by atoms with Crippen molar-refractivity contribution in [1.82, 2.24) is 0 Å². The molecule has 1 unspecified atom stereocenters. The van der Waals surface area contributed by atoms with E-state index < -0.39 is 29.3 Å². The largest absolute Gasteiger partial charge is 0.507 e. The SMILES string of the molecule is COc1ccc(F)cc1/C(O)=C1\C(=O)C(=O)N(c2cccc(Br)c2)C1c1ccccc1. The van der Waals surface area contributed by atoms with Gasteiger partial charge in [0.15, 0.2) is 0 Å². The molecule has 1 atom stereocenters. The van der Waals surface area contributed by atoms with Gasteiger partial charge in [0.1, 0.15) is 17.3 Å². The summed E-state index contributed by atoms with van der Waals surface area (Å²) < 4.78 is 19.9. The van der Waals surface area contributed by atoms with E-state index in [1.54, 1.807) is 48.5 Å². The summed E-state index contributed by atoms with van der Waals surface area (Å²) in [5.41, 5.74) is 0.963. The number of rotatable bonds is 4. The number of aliphatic hydroxyl groups is 1. The molecule has 1 N–H and O–H groups in total. The van der Waals surface area contributed by atoms with Gasteiger partial charge in [0, 0.05) is 10.2 Å². The molecule has 1 saturated heterocycles. The summed E-state index contributed by atoms with van der Waals surface area (Å²) in [6.45, 7) is 0. The lowest BCUT2D eigenvalue weighted by atomic mass is 9.95. The number of carbonyl (C=O) groups excluding carboxylic acids is 2. The Balaban J connectivity index is 1.99. The van der Waals surface area contributed by atoms with Crippen LogP contribution in [-0.4, -0.2) is 23.9 Å². The van der Waals surface area contributed by atoms with Crippen molar-refractivity contribution in [2.24, 2.45) is 0 Å². The van der Waals surface area contributed by atoms with Gasteiger partial charge in [0.25, 0.3) is 11.7 Å². The maximum atomic E-state index is 14.0. The molecule has 1 heterocycles. The summed E-state index contributed by atoms with van der Waals surface area (Å²) in [4.78, 5) is 27.5. The summed E-state index contributed by atoms with van der Waals surface area (Å²) in [7, 11) is 1.37. The maximum absolute atomic E-state index is 14.0. The van der Waals surface area contributed by atoms with E-state index in [0.29, 0.717) is 11.3 Å². The van der Waals surface area contributed by atoms with E-state index in [2.05, 4.69) is 15.9 Å². The number of benzene rings is 3. The van der Waals surface area contributed by atoms with E-state index >= 15 is 0 Å². The molecule has 0 saturated carbocycles. The van der Waals surface area contributed by atoms with Crippen molar-refractivity contribution < 1.29 is 23.8 Å². The van der Waals surface area contributed by atoms with Gasteiger partial charge in [-0.2, -0.15) is 0 Å². The van der Waals surface area contributed by atoms with E-state index in [9.17, 15) is 19.1 Å². The third-order valence-corrected chi connectivity index (χ3v) is 5.56. The molecule has 7 heteroatoms. The third kappa shape index (κ3) is 3.72. The third-order valence-electron chi connectivity index (χ3n) is 5.06. The molecule has 4 rings (SSSR count). The normalized spacial score (nSPS) is 17.8. The Morgan fingerprint density at radius 3 is 2.45 bits per heavy atom. The maximum Gasteiger partial charge on any atom is 0.300 e. The minimum absolute atomic E-state index is 0.00401. The van der Waals surface area contributed by atoms with Crippen LogP contribution in [0.3, 0.4) is 0 Å². The molecule has 1 fully saturated rings. The summed E-state index contributed by atoms with van der Waals surface area (Å²) in [5.74, 6) is -2.58. The predicted octanol–water partition coefficient (Wildman–Crippen LogP) is 5.22. The average Bonchev–Trinajstić information content (AvgIpc) is 3.04. The molecule has 1 aliphatic rings. The predicted molar refractivity (Wildman–Crippen MR) is 118 cm³/mol. The van der Waals surface area contributed by atoms with Gasteiger partial charge in [0.05, 0.1) is 24.3 Å². The lowest BCUT2D eigenvalue weighted by molar-refractivity contribution is -0.132. The Bertz CT molecular complexity index is 1210. The summed E-state index contributed by atoms with van der Waals surface area (Å²) in [6, 6.07) is 18.6. The molecular weight excluding hydrogens is 465 g/mol. The lowest BCUT2D eigenvalue weighted by Gasteiger charge is -2.25. The zero-order chi connectivity index (χ0) is 22.1. The van der Waals surface area contributed by atoms with Crippen LogP contribution in [0.2, 0.25) is 0 Å². The molecule has 156 valence electrons. The van der Waals surface area contributed by atoms with Gasteiger partial charge in [-0.3, -0.25) is 14.5 Å². The van der Waals surface area contributed by atoms with Crippen molar-refractivity contribution in [2.45, 2.75) is 6.04 Å². The number of Topliss-reactive ketones (excluding diaryl/α,β-unsaturated/α-hetero) is 1. The second kappa shape index (κ2) is 8.35. The van der Waals surface area contributed by atoms with Crippen LogP contribution < -0.4 is 9.64 Å². The molecule has 31 heavy (non-hydrogen) atoms. The summed E-state index contributed by atoms with van der Waals surface area (Å²) in [6.07, 6.45) is 0. The van der Waals surface area contributed by atoms with E-state index in [4.69, 9.17) is 4.74 Å². The highest BCUT2D eigenvalue weighted by atomic mass is 79.9. The number of hydrogen-bond donors (Lipinski definition) is 1. The highest BCUT2D eigenvalue weighted by Crippen LogP contribution is 2.43. The van der Waals surface area contributed by atoms with Crippen LogP contribution in [0.1, 0.15) is 17.2 Å². The first-order valence-electron chi connectivity index (χ1n) is 9.38. The molecule has 0 aliphatic carbocycles. The lowest BCUT2D eigenvalue weighted by Crippen LogP contribution is -2.29. The molecule has 1 aliphatic heterocycles. The number of anilines is 1. The number of nitrogens with zero attached hydrogens (tertiary/aromatic N) is 1. The molecular formula is C24H17BrFNO4. The number of halogens is 2. The molecule has 0 bridgehead atoms. The van der Waals surface area contributed by atoms with Gasteiger partial charge < -0.3 is 9.84 Å². The number of ketones is 1. The van der Waals surface area contributed by atoms with Crippen LogP contribution in [0.5, 0.6) is 5.75 Å². The van der Waals surface area contributed by atoms with Crippen LogP contribution in [0, 0.1) is 5.82 Å². The van der Waals surface area contributed by atoms with E-state index in [1.807, 2.05) is 6.07 Å². The first kappa shape index (κ1) is 20.8. The number of amides is 1. The zero-order valence-corrected chi connectivity index (χ0v) is 18.0. The van der Waals surface area contributed by atoms with Gasteiger partial charge in [-0.1, -0.05) is 52.3 Å². The van der Waals surface area contributed by atoms with Gasteiger partial charge in [-0.25, -0.2) is 4.39 Å². The van der Waals surface area contributed by atoms with Crippen molar-refractivity contribution >= 4 is 39.1 Å². The van der Waals surface area contributed by atoms with Crippen LogP contribution in [-0.2, 0) is 9.59 Å². The molecule has 0 radical (unpaired) electrons. The second-order valence-corrected chi connectivity index (χ2v) is 7.82. The number of methoxy groups -OCH3 is 1. The molecule has 5 nitrogen and oxygen atoms in total. The monoisotopic (exact) mass is 481 g/mol. The summed E-state index contributed by atoms with van der Waals surface area (Å²) >= 11 is 3.39. The first-order chi connectivity index (χ1) is 14.9. The van der Waals surface area contributed by atoms with Crippen molar-refractivity contribution in [3.05, 3.63) is 99.8 Å². The number of aliphatic hydroxyl groups excluding tert-OH is 1. The highest BCUT2D eigenvalue weighted by molar-refractivity contribution is 9.10. The fourth-order valence-electron chi connectivity index (χ4n) is 3.69. The fourth-order valence-corrected chi connectivity index (χ4v) is 4.07.